The molecule has 0 radical (unpaired) electrons. The first-order chi connectivity index (χ1) is 7.91. The van der Waals surface area contributed by atoms with Crippen LogP contribution in [0.25, 0.3) is 0 Å². The van der Waals surface area contributed by atoms with Gasteiger partial charge in [0.15, 0.2) is 0 Å². The molecule has 0 N–H and O–H groups in total. The van der Waals surface area contributed by atoms with Crippen molar-refractivity contribution in [2.45, 2.75) is 0 Å². The molecule has 0 fully saturated rings. The van der Waals surface area contributed by atoms with Crippen LogP contribution in [0.3, 0.4) is 0 Å². The Balaban J connectivity index is 2.83. The third kappa shape index (κ3) is 14.6. The van der Waals surface area contributed by atoms with Crippen LogP contribution in [-0.4, -0.2) is 64.1 Å². The second-order valence-corrected chi connectivity index (χ2v) is 4.00. The summed E-state index contributed by atoms with van der Waals surface area (Å²) in [6, 6.07) is 0. The summed E-state index contributed by atoms with van der Waals surface area (Å²) in [7, 11) is 0. The molecule has 4 nitrogen and oxygen atoms in total. The lowest BCUT2D eigenvalue weighted by Crippen LogP contribution is -2.12. The Hall–Kier alpha value is 0.610. The van der Waals surface area contributed by atoms with E-state index in [4.69, 9.17) is 30.5 Å². The summed E-state index contributed by atoms with van der Waals surface area (Å²) in [6.45, 7) is 4.88. The van der Waals surface area contributed by atoms with Gasteiger partial charge in [-0.3, -0.25) is 0 Å². The Kier molecular flexibility index (Phi) is 16.2. The Morgan fingerprint density at radius 3 is 1.38 bits per heavy atom. The largest absolute Gasteiger partial charge is 0.378 e. The lowest BCUT2D eigenvalue weighted by molar-refractivity contribution is 0.00145. The van der Waals surface area contributed by atoms with E-state index in [0.717, 1.165) is 11.9 Å². The molecule has 0 aliphatic heterocycles. The number of ether oxygens (including phenoxy) is 4. The minimum atomic E-state index is 0.525. The predicted molar refractivity (Wildman–Crippen MR) is 67.8 cm³/mol. The highest BCUT2D eigenvalue weighted by Gasteiger charge is 1.91. The minimum absolute atomic E-state index is 0.525. The molecule has 0 saturated carbocycles. The molecule has 0 spiro atoms. The van der Waals surface area contributed by atoms with E-state index in [1.165, 1.54) is 0 Å². The lowest BCUT2D eigenvalue weighted by atomic mass is 10.7. The van der Waals surface area contributed by atoms with Crippen LogP contribution in [0.2, 0.25) is 0 Å². The summed E-state index contributed by atoms with van der Waals surface area (Å²) in [5, 5.41) is 0.860. The average molecular weight is 320 g/mol. The van der Waals surface area contributed by atoms with Crippen LogP contribution in [0.5, 0.6) is 0 Å². The van der Waals surface area contributed by atoms with Crippen LogP contribution in [0.4, 0.5) is 0 Å². The van der Waals surface area contributed by atoms with Gasteiger partial charge in [0.1, 0.15) is 0 Å². The van der Waals surface area contributed by atoms with Gasteiger partial charge in [-0.25, -0.2) is 0 Å². The van der Waals surface area contributed by atoms with Crippen molar-refractivity contribution in [3.63, 3.8) is 0 Å². The van der Waals surface area contributed by atoms with E-state index in [0.29, 0.717) is 52.1 Å². The second-order valence-electron chi connectivity index (χ2n) is 2.83. The first-order valence-corrected chi connectivity index (χ1v) is 7.00. The second kappa shape index (κ2) is 15.6. The van der Waals surface area contributed by atoms with E-state index < -0.39 is 0 Å². The first kappa shape index (κ1) is 16.6. The summed E-state index contributed by atoms with van der Waals surface area (Å²) in [5.41, 5.74) is 0. The van der Waals surface area contributed by atoms with Crippen molar-refractivity contribution >= 4 is 27.5 Å². The molecule has 98 valence electrons. The van der Waals surface area contributed by atoms with Crippen molar-refractivity contribution in [1.82, 2.24) is 0 Å². The van der Waals surface area contributed by atoms with E-state index in [1.807, 2.05) is 0 Å². The molecule has 0 bridgehead atoms. The maximum absolute atomic E-state index is 5.43. The molecule has 0 atom stereocenters. The topological polar surface area (TPSA) is 36.9 Å². The van der Waals surface area contributed by atoms with Gasteiger partial charge in [-0.1, -0.05) is 15.9 Å². The van der Waals surface area contributed by atoms with Crippen LogP contribution in [0, 0.1) is 0 Å². The third-order valence-corrected chi connectivity index (χ3v) is 2.04. The van der Waals surface area contributed by atoms with Gasteiger partial charge in [0, 0.05) is 11.2 Å². The molecule has 6 heteroatoms. The average Bonchev–Trinajstić information content (AvgIpc) is 2.31. The van der Waals surface area contributed by atoms with E-state index in [1.54, 1.807) is 0 Å². The van der Waals surface area contributed by atoms with Crippen LogP contribution in [-0.2, 0) is 18.9 Å². The Bertz CT molecular complexity index is 115. The van der Waals surface area contributed by atoms with Gasteiger partial charge in [-0.15, -0.1) is 11.6 Å². The minimum Gasteiger partial charge on any atom is -0.378 e. The Morgan fingerprint density at radius 1 is 0.625 bits per heavy atom. The fourth-order valence-corrected chi connectivity index (χ4v) is 1.21. The van der Waals surface area contributed by atoms with Crippen molar-refractivity contribution < 1.29 is 18.9 Å². The van der Waals surface area contributed by atoms with Crippen LogP contribution in [0.1, 0.15) is 0 Å². The summed E-state index contributed by atoms with van der Waals surface area (Å²) in [5.74, 6) is 0.525. The van der Waals surface area contributed by atoms with Crippen molar-refractivity contribution in [2.24, 2.45) is 0 Å². The van der Waals surface area contributed by atoms with Crippen molar-refractivity contribution in [2.75, 3.05) is 64.1 Å². The highest BCUT2D eigenvalue weighted by molar-refractivity contribution is 9.09. The van der Waals surface area contributed by atoms with E-state index in [2.05, 4.69) is 15.9 Å². The quantitative estimate of drug-likeness (QED) is 0.382. The number of hydrogen-bond donors (Lipinski definition) is 0. The molecule has 0 saturated heterocycles. The Labute approximate surface area is 111 Å². The zero-order chi connectivity index (χ0) is 11.9. The van der Waals surface area contributed by atoms with E-state index >= 15 is 0 Å². The first-order valence-electron chi connectivity index (χ1n) is 5.34. The third-order valence-electron chi connectivity index (χ3n) is 1.56. The molecule has 0 aliphatic carbocycles. The van der Waals surface area contributed by atoms with Crippen LogP contribution < -0.4 is 0 Å². The summed E-state index contributed by atoms with van der Waals surface area (Å²) in [6.07, 6.45) is 0. The molecule has 0 unspecified atom stereocenters. The normalized spacial score (nSPS) is 10.9. The molecule has 0 aromatic rings. The molecule has 0 rings (SSSR count). The molecule has 0 aliphatic rings. The Morgan fingerprint density at radius 2 is 1.00 bits per heavy atom. The highest BCUT2D eigenvalue weighted by atomic mass is 79.9. The maximum atomic E-state index is 5.43. The molecular formula is C10H20BrClO4. The smallest absolute Gasteiger partial charge is 0.0701 e. The molecule has 16 heavy (non-hydrogen) atoms. The van der Waals surface area contributed by atoms with Gasteiger partial charge in [0.05, 0.1) is 52.9 Å². The monoisotopic (exact) mass is 318 g/mol. The number of alkyl halides is 2. The van der Waals surface area contributed by atoms with Gasteiger partial charge in [0.2, 0.25) is 0 Å². The SMILES string of the molecule is ClCCOCCOCCOCCOCCBr. The van der Waals surface area contributed by atoms with Gasteiger partial charge < -0.3 is 18.9 Å². The van der Waals surface area contributed by atoms with Gasteiger partial charge >= 0.3 is 0 Å². The zero-order valence-electron chi connectivity index (χ0n) is 9.46. The highest BCUT2D eigenvalue weighted by Crippen LogP contribution is 1.85. The number of rotatable bonds is 13. The summed E-state index contributed by atoms with van der Waals surface area (Å²) >= 11 is 8.71. The number of halogens is 2. The molecule has 0 heterocycles. The van der Waals surface area contributed by atoms with Crippen molar-refractivity contribution in [1.29, 1.82) is 0 Å². The van der Waals surface area contributed by atoms with Crippen molar-refractivity contribution in [3.8, 4) is 0 Å². The summed E-state index contributed by atoms with van der Waals surface area (Å²) in [4.78, 5) is 0. The lowest BCUT2D eigenvalue weighted by Gasteiger charge is -2.06. The molecular weight excluding hydrogens is 299 g/mol. The molecule has 0 aromatic heterocycles. The van der Waals surface area contributed by atoms with Gasteiger partial charge in [-0.05, 0) is 0 Å². The standard InChI is InChI=1S/C10H20BrClO4/c11-1-3-13-5-7-15-9-10-16-8-6-14-4-2-12/h1-10H2. The molecule has 0 amide bonds. The maximum Gasteiger partial charge on any atom is 0.0701 e. The number of hydrogen-bond acceptors (Lipinski definition) is 4. The van der Waals surface area contributed by atoms with Crippen LogP contribution in [0.15, 0.2) is 0 Å². The van der Waals surface area contributed by atoms with E-state index in [-0.39, 0.29) is 0 Å². The summed E-state index contributed by atoms with van der Waals surface area (Å²) < 4.78 is 20.9. The van der Waals surface area contributed by atoms with Crippen LogP contribution >= 0.6 is 27.5 Å². The van der Waals surface area contributed by atoms with Gasteiger partial charge in [0.25, 0.3) is 0 Å². The fraction of sp³-hybridized carbons (Fsp3) is 1.00. The molecule has 0 aromatic carbocycles. The predicted octanol–water partition coefficient (Wildman–Crippen LogP) is 1.69. The van der Waals surface area contributed by atoms with Gasteiger partial charge in [-0.2, -0.15) is 0 Å². The van der Waals surface area contributed by atoms with Crippen molar-refractivity contribution in [3.05, 3.63) is 0 Å². The van der Waals surface area contributed by atoms with E-state index in [9.17, 15) is 0 Å². The fourth-order valence-electron chi connectivity index (χ4n) is 0.871. The zero-order valence-corrected chi connectivity index (χ0v) is 11.8.